The Kier molecular flexibility index (Phi) is 6.42. The van der Waals surface area contributed by atoms with Gasteiger partial charge in [-0.1, -0.05) is 17.7 Å². The van der Waals surface area contributed by atoms with Gasteiger partial charge in [0.15, 0.2) is 6.61 Å². The molecule has 0 heterocycles. The molecule has 2 aromatic carbocycles. The molecule has 2 N–H and O–H groups in total. The van der Waals surface area contributed by atoms with Crippen molar-refractivity contribution in [3.8, 4) is 5.75 Å². The maximum atomic E-state index is 12.1. The Bertz CT molecular complexity index is 975. The van der Waals surface area contributed by atoms with Crippen molar-refractivity contribution in [2.24, 2.45) is 0 Å². The van der Waals surface area contributed by atoms with E-state index in [0.29, 0.717) is 0 Å². The molecule has 0 saturated carbocycles. The van der Waals surface area contributed by atoms with E-state index in [1.165, 1.54) is 56.6 Å². The van der Waals surface area contributed by atoms with Crippen LogP contribution in [-0.4, -0.2) is 50.4 Å². The fourth-order valence-electron chi connectivity index (χ4n) is 2.03. The predicted octanol–water partition coefficient (Wildman–Crippen LogP) is 2.09. The molecule has 0 aromatic heterocycles. The zero-order valence-corrected chi connectivity index (χ0v) is 16.0. The summed E-state index contributed by atoms with van der Waals surface area (Å²) >= 11 is 5.68. The molecule has 0 unspecified atom stereocenters. The number of halogens is 1. The van der Waals surface area contributed by atoms with Gasteiger partial charge in [-0.25, -0.2) is 17.5 Å². The van der Waals surface area contributed by atoms with Crippen molar-refractivity contribution >= 4 is 39.2 Å². The largest absolute Gasteiger partial charge is 0.507 e. The summed E-state index contributed by atoms with van der Waals surface area (Å²) in [4.78, 5) is 23.9. The number of ether oxygens (including phenoxy) is 1. The summed E-state index contributed by atoms with van der Waals surface area (Å²) in [6, 6.07) is 9.51. The summed E-state index contributed by atoms with van der Waals surface area (Å²) in [7, 11) is -0.857. The second-order valence-corrected chi connectivity index (χ2v) is 8.19. The molecule has 0 radical (unpaired) electrons. The van der Waals surface area contributed by atoms with Crippen LogP contribution in [0.3, 0.4) is 0 Å². The molecule has 27 heavy (non-hydrogen) atoms. The predicted molar refractivity (Wildman–Crippen MR) is 99.3 cm³/mol. The van der Waals surface area contributed by atoms with E-state index in [4.69, 9.17) is 16.3 Å². The molecule has 0 spiro atoms. The van der Waals surface area contributed by atoms with E-state index in [0.717, 1.165) is 4.31 Å². The SMILES string of the molecule is CN(C)S(=O)(=O)c1cccc(NC(=O)COC(=O)c2ccc(Cl)cc2O)c1. The topological polar surface area (TPSA) is 113 Å². The van der Waals surface area contributed by atoms with Crippen LogP contribution >= 0.6 is 11.6 Å². The molecule has 1 amide bonds. The number of nitrogens with zero attached hydrogens (tertiary/aromatic N) is 1. The molecule has 8 nitrogen and oxygen atoms in total. The Morgan fingerprint density at radius 3 is 2.52 bits per heavy atom. The molecule has 0 aliphatic carbocycles. The van der Waals surface area contributed by atoms with Gasteiger partial charge in [-0.15, -0.1) is 0 Å². The Morgan fingerprint density at radius 2 is 1.89 bits per heavy atom. The molecule has 2 rings (SSSR count). The second kappa shape index (κ2) is 8.38. The van der Waals surface area contributed by atoms with E-state index in [1.54, 1.807) is 0 Å². The fraction of sp³-hybridized carbons (Fsp3) is 0.176. The van der Waals surface area contributed by atoms with Crippen LogP contribution in [0.25, 0.3) is 0 Å². The van der Waals surface area contributed by atoms with Crippen LogP contribution in [0, 0.1) is 0 Å². The first kappa shape index (κ1) is 20.7. The third-order valence-corrected chi connectivity index (χ3v) is 5.46. The van der Waals surface area contributed by atoms with E-state index in [-0.39, 0.29) is 26.9 Å². The number of hydrogen-bond donors (Lipinski definition) is 2. The minimum atomic E-state index is -3.65. The first-order chi connectivity index (χ1) is 12.6. The van der Waals surface area contributed by atoms with Crippen LogP contribution in [0.1, 0.15) is 10.4 Å². The first-order valence-corrected chi connectivity index (χ1v) is 9.41. The number of phenolic OH excluding ortho intramolecular Hbond substituents is 1. The van der Waals surface area contributed by atoms with Crippen LogP contribution in [0.4, 0.5) is 5.69 Å². The van der Waals surface area contributed by atoms with Crippen LogP contribution in [0.5, 0.6) is 5.75 Å². The number of carbonyl (C=O) groups excluding carboxylic acids is 2. The van der Waals surface area contributed by atoms with Gasteiger partial charge >= 0.3 is 5.97 Å². The molecule has 2 aromatic rings. The maximum Gasteiger partial charge on any atom is 0.342 e. The normalized spacial score (nSPS) is 11.3. The van der Waals surface area contributed by atoms with E-state index in [2.05, 4.69) is 5.32 Å². The Balaban J connectivity index is 2.01. The third kappa shape index (κ3) is 5.19. The molecule has 0 aliphatic rings. The lowest BCUT2D eigenvalue weighted by Gasteiger charge is -2.13. The van der Waals surface area contributed by atoms with Crippen molar-refractivity contribution in [1.29, 1.82) is 0 Å². The number of rotatable bonds is 6. The molecule has 0 atom stereocenters. The average molecular weight is 413 g/mol. The molecule has 144 valence electrons. The molecule has 0 fully saturated rings. The van der Waals surface area contributed by atoms with Crippen molar-refractivity contribution < 1.29 is 27.9 Å². The monoisotopic (exact) mass is 412 g/mol. The van der Waals surface area contributed by atoms with Crippen LogP contribution < -0.4 is 5.32 Å². The highest BCUT2D eigenvalue weighted by atomic mass is 35.5. The van der Waals surface area contributed by atoms with Crippen molar-refractivity contribution in [2.75, 3.05) is 26.0 Å². The van der Waals surface area contributed by atoms with E-state index < -0.39 is 28.5 Å². The van der Waals surface area contributed by atoms with Gasteiger partial charge in [0.2, 0.25) is 10.0 Å². The molecule has 0 bridgehead atoms. The molecule has 0 saturated heterocycles. The highest BCUT2D eigenvalue weighted by molar-refractivity contribution is 7.89. The Labute approximate surface area is 161 Å². The van der Waals surface area contributed by atoms with E-state index >= 15 is 0 Å². The lowest BCUT2D eigenvalue weighted by Crippen LogP contribution is -2.23. The van der Waals surface area contributed by atoms with Gasteiger partial charge in [0.05, 0.1) is 4.90 Å². The summed E-state index contributed by atoms with van der Waals surface area (Å²) < 4.78 is 30.1. The standard InChI is InChI=1S/C17H17ClN2O6S/c1-20(2)27(24,25)13-5-3-4-12(9-13)19-16(22)10-26-17(23)14-7-6-11(18)8-15(14)21/h3-9,21H,10H2,1-2H3,(H,19,22). The molecular formula is C17H17ClN2O6S. The van der Waals surface area contributed by atoms with Crippen LogP contribution in [0.2, 0.25) is 5.02 Å². The lowest BCUT2D eigenvalue weighted by molar-refractivity contribution is -0.119. The summed E-state index contributed by atoms with van der Waals surface area (Å²) in [5.74, 6) is -1.94. The highest BCUT2D eigenvalue weighted by Crippen LogP contribution is 2.22. The van der Waals surface area contributed by atoms with Gasteiger partial charge < -0.3 is 15.2 Å². The molecular weight excluding hydrogens is 396 g/mol. The zero-order chi connectivity index (χ0) is 20.2. The zero-order valence-electron chi connectivity index (χ0n) is 14.5. The van der Waals surface area contributed by atoms with Crippen molar-refractivity contribution in [2.45, 2.75) is 4.90 Å². The molecule has 10 heteroatoms. The number of carbonyl (C=O) groups is 2. The molecule has 0 aliphatic heterocycles. The number of nitrogens with one attached hydrogen (secondary N) is 1. The minimum Gasteiger partial charge on any atom is -0.507 e. The van der Waals surface area contributed by atoms with Gasteiger partial charge in [-0.2, -0.15) is 0 Å². The Morgan fingerprint density at radius 1 is 1.19 bits per heavy atom. The number of esters is 1. The lowest BCUT2D eigenvalue weighted by atomic mass is 10.2. The quantitative estimate of drug-likeness (QED) is 0.702. The van der Waals surface area contributed by atoms with E-state index in [9.17, 15) is 23.1 Å². The van der Waals surface area contributed by atoms with E-state index in [1.807, 2.05) is 0 Å². The van der Waals surface area contributed by atoms with Crippen molar-refractivity contribution in [3.63, 3.8) is 0 Å². The minimum absolute atomic E-state index is 0.00776. The number of benzene rings is 2. The van der Waals surface area contributed by atoms with Gasteiger partial charge in [0, 0.05) is 24.8 Å². The first-order valence-electron chi connectivity index (χ1n) is 7.59. The summed E-state index contributed by atoms with van der Waals surface area (Å²) in [6.45, 7) is -0.619. The summed E-state index contributed by atoms with van der Waals surface area (Å²) in [5.41, 5.74) is 0.0968. The van der Waals surface area contributed by atoms with Crippen molar-refractivity contribution in [1.82, 2.24) is 4.31 Å². The summed E-state index contributed by atoms with van der Waals surface area (Å²) in [5, 5.41) is 12.4. The second-order valence-electron chi connectivity index (χ2n) is 5.60. The van der Waals surface area contributed by atoms with Crippen LogP contribution in [0.15, 0.2) is 47.4 Å². The number of hydrogen-bond acceptors (Lipinski definition) is 6. The van der Waals surface area contributed by atoms with Gasteiger partial charge in [-0.3, -0.25) is 4.79 Å². The fourth-order valence-corrected chi connectivity index (χ4v) is 3.14. The number of phenols is 1. The van der Waals surface area contributed by atoms with Crippen LogP contribution in [-0.2, 0) is 19.6 Å². The van der Waals surface area contributed by atoms with Gasteiger partial charge in [0.25, 0.3) is 5.91 Å². The Hall–Kier alpha value is -2.62. The highest BCUT2D eigenvalue weighted by Gasteiger charge is 2.18. The number of anilines is 1. The average Bonchev–Trinajstić information content (AvgIpc) is 2.59. The number of aromatic hydroxyl groups is 1. The van der Waals surface area contributed by atoms with Gasteiger partial charge in [-0.05, 0) is 36.4 Å². The number of amides is 1. The number of sulfonamides is 1. The summed E-state index contributed by atoms with van der Waals surface area (Å²) in [6.07, 6.45) is 0. The smallest absolute Gasteiger partial charge is 0.342 e. The maximum absolute atomic E-state index is 12.1. The van der Waals surface area contributed by atoms with Crippen molar-refractivity contribution in [3.05, 3.63) is 53.1 Å². The third-order valence-electron chi connectivity index (χ3n) is 3.41. The van der Waals surface area contributed by atoms with Gasteiger partial charge in [0.1, 0.15) is 11.3 Å².